The molecule has 0 fully saturated rings. The van der Waals surface area contributed by atoms with Crippen LogP contribution in [0, 0.1) is 0 Å². The summed E-state index contributed by atoms with van der Waals surface area (Å²) >= 11 is 7.80. The summed E-state index contributed by atoms with van der Waals surface area (Å²) in [6, 6.07) is 0. The molecule has 15 heavy (non-hydrogen) atoms. The largest absolute Gasteiger partial charge is 0.465 e. The lowest BCUT2D eigenvalue weighted by molar-refractivity contribution is -0.144. The third-order valence-corrected chi connectivity index (χ3v) is 1.84. The van der Waals surface area contributed by atoms with E-state index in [4.69, 9.17) is 9.47 Å². The van der Waals surface area contributed by atoms with Crippen LogP contribution in [0.5, 0.6) is 0 Å². The maximum atomic E-state index is 11.0. The van der Waals surface area contributed by atoms with Crippen LogP contribution in [0.3, 0.4) is 0 Å². The first-order valence-corrected chi connectivity index (χ1v) is 6.00. The van der Waals surface area contributed by atoms with Gasteiger partial charge in [0.05, 0.1) is 0 Å². The molecule has 0 N–H and O–H groups in total. The maximum absolute atomic E-state index is 11.0. The second-order valence-electron chi connectivity index (χ2n) is 2.74. The van der Waals surface area contributed by atoms with Crippen LogP contribution in [0.25, 0.3) is 0 Å². The lowest BCUT2D eigenvalue weighted by Gasteiger charge is -2.03. The predicted molar refractivity (Wildman–Crippen MR) is 63.5 cm³/mol. The topological polar surface area (TPSA) is 52.6 Å². The van der Waals surface area contributed by atoms with Gasteiger partial charge in [-0.1, -0.05) is 0 Å². The summed E-state index contributed by atoms with van der Waals surface area (Å²) in [5.74, 6) is 0.419. The Balaban J connectivity index is 3.36. The molecule has 0 radical (unpaired) electrons. The number of carbonyl (C=O) groups excluding carboxylic acids is 2. The summed E-state index contributed by atoms with van der Waals surface area (Å²) in [6.45, 7) is 0.623. The van der Waals surface area contributed by atoms with E-state index in [0.717, 1.165) is 0 Å². The van der Waals surface area contributed by atoms with Gasteiger partial charge in [0.25, 0.3) is 0 Å². The minimum absolute atomic E-state index is 0.240. The number of carbonyl (C=O) groups is 2. The summed E-state index contributed by atoms with van der Waals surface area (Å²) in [7, 11) is 0. The van der Waals surface area contributed by atoms with Gasteiger partial charge in [-0.2, -0.15) is 25.3 Å². The van der Waals surface area contributed by atoms with Gasteiger partial charge in [0, 0.05) is 24.3 Å². The zero-order valence-corrected chi connectivity index (χ0v) is 10.3. The molecule has 0 rings (SSSR count). The highest BCUT2D eigenvalue weighted by Crippen LogP contribution is 2.00. The number of ether oxygens (including phenoxy) is 2. The molecule has 6 heteroatoms. The highest BCUT2D eigenvalue weighted by molar-refractivity contribution is 7.80. The van der Waals surface area contributed by atoms with E-state index in [0.29, 0.717) is 31.1 Å². The summed E-state index contributed by atoms with van der Waals surface area (Å²) in [4.78, 5) is 22.0. The smallest absolute Gasteiger partial charge is 0.305 e. The van der Waals surface area contributed by atoms with Crippen molar-refractivity contribution in [2.24, 2.45) is 0 Å². The Hall–Kier alpha value is -0.360. The van der Waals surface area contributed by atoms with Gasteiger partial charge in [-0.3, -0.25) is 9.59 Å². The van der Waals surface area contributed by atoms with Crippen molar-refractivity contribution in [2.45, 2.75) is 19.3 Å². The molecule has 0 unspecified atom stereocenters. The molecule has 0 aromatic heterocycles. The second-order valence-corrected chi connectivity index (χ2v) is 3.64. The van der Waals surface area contributed by atoms with Gasteiger partial charge in [0.1, 0.15) is 13.2 Å². The molecule has 0 amide bonds. The van der Waals surface area contributed by atoms with Gasteiger partial charge in [-0.15, -0.1) is 0 Å². The minimum Gasteiger partial charge on any atom is -0.465 e. The SMILES string of the molecule is O=C(CCCC(=O)OCCS)OCCS. The van der Waals surface area contributed by atoms with Crippen LogP contribution >= 0.6 is 25.3 Å². The van der Waals surface area contributed by atoms with Crippen molar-refractivity contribution in [3.05, 3.63) is 0 Å². The van der Waals surface area contributed by atoms with Crippen molar-refractivity contribution in [1.82, 2.24) is 0 Å². The van der Waals surface area contributed by atoms with Gasteiger partial charge in [-0.05, 0) is 6.42 Å². The highest BCUT2D eigenvalue weighted by Gasteiger charge is 2.06. The Morgan fingerprint density at radius 2 is 1.27 bits per heavy atom. The molecule has 0 atom stereocenters. The molecule has 0 saturated carbocycles. The van der Waals surface area contributed by atoms with Crippen molar-refractivity contribution in [3.8, 4) is 0 Å². The fraction of sp³-hybridized carbons (Fsp3) is 0.778. The predicted octanol–water partition coefficient (Wildman–Crippen LogP) is 1.10. The van der Waals surface area contributed by atoms with E-state index >= 15 is 0 Å². The van der Waals surface area contributed by atoms with Crippen LogP contribution in [0.15, 0.2) is 0 Å². The summed E-state index contributed by atoms with van der Waals surface area (Å²) in [5, 5.41) is 0. The Morgan fingerprint density at radius 1 is 0.867 bits per heavy atom. The third-order valence-electron chi connectivity index (χ3n) is 1.47. The van der Waals surface area contributed by atoms with Crippen molar-refractivity contribution in [1.29, 1.82) is 0 Å². The van der Waals surface area contributed by atoms with Gasteiger partial charge in [0.2, 0.25) is 0 Å². The molecule has 4 nitrogen and oxygen atoms in total. The standard InChI is InChI=1S/C9H16O4S2/c10-8(12-4-6-14)2-1-3-9(11)13-5-7-15/h14-15H,1-7H2. The summed E-state index contributed by atoms with van der Waals surface area (Å²) in [6.07, 6.45) is 0.935. The minimum atomic E-state index is -0.300. The average molecular weight is 252 g/mol. The quantitative estimate of drug-likeness (QED) is 0.502. The molecule has 0 bridgehead atoms. The molecule has 0 heterocycles. The number of thiol groups is 2. The van der Waals surface area contributed by atoms with Crippen LogP contribution in [0.4, 0.5) is 0 Å². The third kappa shape index (κ3) is 9.93. The normalized spacial score (nSPS) is 9.73. The molecule has 0 aromatic carbocycles. The summed E-state index contributed by atoms with van der Waals surface area (Å²) in [5.41, 5.74) is 0. The molecule has 0 aromatic rings. The van der Waals surface area contributed by atoms with Crippen LogP contribution < -0.4 is 0 Å². The molecule has 0 aliphatic rings. The molecule has 0 aliphatic heterocycles. The fourth-order valence-electron chi connectivity index (χ4n) is 0.840. The van der Waals surface area contributed by atoms with Crippen LogP contribution in [-0.2, 0) is 19.1 Å². The Labute approximate surface area is 101 Å². The lowest BCUT2D eigenvalue weighted by Crippen LogP contribution is -2.10. The first-order chi connectivity index (χ1) is 7.20. The van der Waals surface area contributed by atoms with Gasteiger partial charge in [0.15, 0.2) is 0 Å². The molecule has 0 saturated heterocycles. The van der Waals surface area contributed by atoms with Gasteiger partial charge in [-0.25, -0.2) is 0 Å². The number of hydrogen-bond donors (Lipinski definition) is 2. The van der Waals surface area contributed by atoms with E-state index < -0.39 is 0 Å². The highest BCUT2D eigenvalue weighted by atomic mass is 32.1. The zero-order valence-electron chi connectivity index (χ0n) is 8.48. The van der Waals surface area contributed by atoms with E-state index in [1.54, 1.807) is 0 Å². The van der Waals surface area contributed by atoms with Crippen LogP contribution in [-0.4, -0.2) is 36.7 Å². The first kappa shape index (κ1) is 14.6. The van der Waals surface area contributed by atoms with Crippen molar-refractivity contribution in [3.63, 3.8) is 0 Å². The average Bonchev–Trinajstić information content (AvgIpc) is 2.23. The van der Waals surface area contributed by atoms with Crippen LogP contribution in [0.2, 0.25) is 0 Å². The second kappa shape index (κ2) is 10.2. The monoisotopic (exact) mass is 252 g/mol. The Morgan fingerprint density at radius 3 is 1.60 bits per heavy atom. The van der Waals surface area contributed by atoms with E-state index in [2.05, 4.69) is 25.3 Å². The number of esters is 2. The maximum Gasteiger partial charge on any atom is 0.305 e. The lowest BCUT2D eigenvalue weighted by atomic mass is 10.2. The van der Waals surface area contributed by atoms with Gasteiger partial charge >= 0.3 is 11.9 Å². The molecular formula is C9H16O4S2. The zero-order chi connectivity index (χ0) is 11.5. The van der Waals surface area contributed by atoms with E-state index in [1.165, 1.54) is 0 Å². The Kier molecular flexibility index (Phi) is 9.92. The molecular weight excluding hydrogens is 236 g/mol. The van der Waals surface area contributed by atoms with Crippen molar-refractivity contribution in [2.75, 3.05) is 24.7 Å². The van der Waals surface area contributed by atoms with E-state index in [9.17, 15) is 9.59 Å². The van der Waals surface area contributed by atoms with Crippen molar-refractivity contribution >= 4 is 37.2 Å². The van der Waals surface area contributed by atoms with Crippen LogP contribution in [0.1, 0.15) is 19.3 Å². The van der Waals surface area contributed by atoms with Crippen molar-refractivity contribution < 1.29 is 19.1 Å². The van der Waals surface area contributed by atoms with Gasteiger partial charge < -0.3 is 9.47 Å². The molecule has 0 aliphatic carbocycles. The van der Waals surface area contributed by atoms with E-state index in [1.807, 2.05) is 0 Å². The van der Waals surface area contributed by atoms with E-state index in [-0.39, 0.29) is 24.8 Å². The first-order valence-electron chi connectivity index (χ1n) is 4.73. The molecule has 88 valence electrons. The number of rotatable bonds is 8. The fourth-order valence-corrected chi connectivity index (χ4v) is 1.02. The molecule has 0 spiro atoms. The summed E-state index contributed by atoms with van der Waals surface area (Å²) < 4.78 is 9.55. The Bertz CT molecular complexity index is 177. The number of hydrogen-bond acceptors (Lipinski definition) is 6.